The Morgan fingerprint density at radius 3 is 2.19 bits per heavy atom. The molecule has 3 heterocycles. The molecule has 0 radical (unpaired) electrons. The summed E-state index contributed by atoms with van der Waals surface area (Å²) in [4.78, 5) is 0. The van der Waals surface area contributed by atoms with Crippen LogP contribution < -0.4 is 0 Å². The van der Waals surface area contributed by atoms with E-state index in [1.165, 1.54) is 50.6 Å². The number of ether oxygens (including phenoxy) is 2. The first kappa shape index (κ1) is 19.9. The first-order chi connectivity index (χ1) is 15.8. The van der Waals surface area contributed by atoms with E-state index in [9.17, 15) is 0 Å². The SMILES string of the molecule is C1=C(SCc2ccc3ccc4cccc5ccc2c3c45)SC(=C2SC3=C(OCCO3)S2)S1. The molecule has 0 unspecified atom stereocenters. The van der Waals surface area contributed by atoms with E-state index in [4.69, 9.17) is 9.47 Å². The lowest BCUT2D eigenvalue weighted by atomic mass is 9.92. The predicted molar refractivity (Wildman–Crippen MR) is 146 cm³/mol. The summed E-state index contributed by atoms with van der Waals surface area (Å²) in [6, 6.07) is 20.2. The fraction of sp³-hybridized carbons (Fsp3) is 0.120. The zero-order chi connectivity index (χ0) is 21.1. The summed E-state index contributed by atoms with van der Waals surface area (Å²) in [5.41, 5.74) is 1.40. The van der Waals surface area contributed by atoms with Crippen molar-refractivity contribution in [2.24, 2.45) is 0 Å². The van der Waals surface area contributed by atoms with Crippen molar-refractivity contribution in [3.63, 3.8) is 0 Å². The van der Waals surface area contributed by atoms with Crippen molar-refractivity contribution in [1.29, 1.82) is 0 Å². The molecule has 4 aromatic carbocycles. The Hall–Kier alpha value is -1.51. The third kappa shape index (κ3) is 3.32. The van der Waals surface area contributed by atoms with Crippen molar-refractivity contribution < 1.29 is 9.47 Å². The van der Waals surface area contributed by atoms with Crippen LogP contribution in [0, 0.1) is 0 Å². The zero-order valence-corrected chi connectivity index (χ0v) is 20.8. The van der Waals surface area contributed by atoms with Gasteiger partial charge in [0, 0.05) is 5.75 Å². The number of rotatable bonds is 3. The second kappa shape index (κ2) is 8.06. The quantitative estimate of drug-likeness (QED) is 0.254. The summed E-state index contributed by atoms with van der Waals surface area (Å²) < 4.78 is 15.4. The number of benzene rings is 4. The van der Waals surface area contributed by atoms with Crippen molar-refractivity contribution in [3.05, 3.63) is 88.5 Å². The van der Waals surface area contributed by atoms with Crippen LogP contribution in [0.2, 0.25) is 0 Å². The van der Waals surface area contributed by atoms with Gasteiger partial charge in [0.25, 0.3) is 0 Å². The maximum Gasteiger partial charge on any atom is 0.208 e. The summed E-state index contributed by atoms with van der Waals surface area (Å²) in [6.45, 7) is 1.29. The summed E-state index contributed by atoms with van der Waals surface area (Å²) in [6.07, 6.45) is 0. The molecule has 158 valence electrons. The molecule has 0 aliphatic carbocycles. The Balaban J connectivity index is 1.14. The van der Waals surface area contributed by atoms with Gasteiger partial charge in [0.05, 0.1) is 12.7 Å². The molecule has 7 heteroatoms. The van der Waals surface area contributed by atoms with Crippen LogP contribution in [0.5, 0.6) is 0 Å². The molecule has 0 atom stereocenters. The molecule has 7 rings (SSSR count). The number of hydrogen-bond acceptors (Lipinski definition) is 7. The van der Waals surface area contributed by atoms with Crippen LogP contribution >= 0.6 is 58.8 Å². The number of hydrogen-bond donors (Lipinski definition) is 0. The van der Waals surface area contributed by atoms with Gasteiger partial charge in [0.2, 0.25) is 10.2 Å². The molecule has 32 heavy (non-hydrogen) atoms. The fourth-order valence-electron chi connectivity index (χ4n) is 4.27. The van der Waals surface area contributed by atoms with Gasteiger partial charge in [-0.2, -0.15) is 0 Å². The molecule has 0 bridgehead atoms. The summed E-state index contributed by atoms with van der Waals surface area (Å²) in [5.74, 6) is 0.970. The van der Waals surface area contributed by atoms with E-state index >= 15 is 0 Å². The maximum absolute atomic E-state index is 5.74. The molecule has 0 saturated carbocycles. The average Bonchev–Trinajstić information content (AvgIpc) is 3.48. The van der Waals surface area contributed by atoms with E-state index in [1.807, 2.05) is 35.3 Å². The lowest BCUT2D eigenvalue weighted by molar-refractivity contribution is 0.0949. The Labute approximate surface area is 206 Å². The molecular weight excluding hydrogens is 493 g/mol. The van der Waals surface area contributed by atoms with Gasteiger partial charge in [0.15, 0.2) is 0 Å². The summed E-state index contributed by atoms with van der Waals surface area (Å²) in [5, 5.41) is 12.3. The van der Waals surface area contributed by atoms with Crippen molar-refractivity contribution in [1.82, 2.24) is 0 Å². The van der Waals surface area contributed by atoms with E-state index in [0.29, 0.717) is 13.2 Å². The van der Waals surface area contributed by atoms with E-state index in [0.717, 1.165) is 15.9 Å². The second-order valence-corrected chi connectivity index (χ2v) is 13.3. The van der Waals surface area contributed by atoms with Crippen molar-refractivity contribution in [2.75, 3.05) is 13.2 Å². The van der Waals surface area contributed by atoms with Crippen LogP contribution in [-0.4, -0.2) is 13.2 Å². The van der Waals surface area contributed by atoms with E-state index < -0.39 is 0 Å². The van der Waals surface area contributed by atoms with Gasteiger partial charge in [-0.25, -0.2) is 0 Å². The molecule has 3 aliphatic heterocycles. The molecule has 0 spiro atoms. The Morgan fingerprint density at radius 2 is 1.41 bits per heavy atom. The molecule has 0 fully saturated rings. The van der Waals surface area contributed by atoms with Crippen molar-refractivity contribution in [2.45, 2.75) is 5.75 Å². The third-order valence-electron chi connectivity index (χ3n) is 5.70. The second-order valence-electron chi connectivity index (χ2n) is 7.58. The minimum atomic E-state index is 0.647. The molecule has 0 amide bonds. The van der Waals surface area contributed by atoms with E-state index in [-0.39, 0.29) is 0 Å². The minimum absolute atomic E-state index is 0.647. The highest BCUT2D eigenvalue weighted by Crippen LogP contribution is 2.60. The van der Waals surface area contributed by atoms with E-state index in [2.05, 4.69) is 60.0 Å². The molecule has 0 N–H and O–H groups in total. The zero-order valence-electron chi connectivity index (χ0n) is 16.8. The van der Waals surface area contributed by atoms with Crippen molar-refractivity contribution in [3.8, 4) is 0 Å². The highest BCUT2D eigenvalue weighted by molar-refractivity contribution is 8.37. The highest BCUT2D eigenvalue weighted by atomic mass is 32.2. The Bertz CT molecular complexity index is 1450. The van der Waals surface area contributed by atoms with Crippen LogP contribution in [0.1, 0.15) is 5.56 Å². The predicted octanol–water partition coefficient (Wildman–Crippen LogP) is 8.88. The van der Waals surface area contributed by atoms with Gasteiger partial charge in [-0.1, -0.05) is 78.1 Å². The molecule has 4 aromatic rings. The van der Waals surface area contributed by atoms with Gasteiger partial charge in [-0.05, 0) is 66.8 Å². The summed E-state index contributed by atoms with van der Waals surface area (Å²) >= 11 is 9.03. The Morgan fingerprint density at radius 1 is 0.719 bits per heavy atom. The molecular formula is C25H16O2S5. The minimum Gasteiger partial charge on any atom is -0.480 e. The number of thioether (sulfide) groups is 5. The molecule has 2 nitrogen and oxygen atoms in total. The molecule has 0 aromatic heterocycles. The smallest absolute Gasteiger partial charge is 0.208 e. The lowest BCUT2D eigenvalue weighted by Crippen LogP contribution is -2.08. The molecule has 0 saturated heterocycles. The highest BCUT2D eigenvalue weighted by Gasteiger charge is 2.31. The fourth-order valence-corrected chi connectivity index (χ4v) is 10.5. The summed E-state index contributed by atoms with van der Waals surface area (Å²) in [7, 11) is 0. The molecule has 3 aliphatic rings. The van der Waals surface area contributed by atoms with Gasteiger partial charge < -0.3 is 9.47 Å². The maximum atomic E-state index is 5.74. The van der Waals surface area contributed by atoms with Crippen LogP contribution in [0.3, 0.4) is 0 Å². The van der Waals surface area contributed by atoms with Gasteiger partial charge >= 0.3 is 0 Å². The topological polar surface area (TPSA) is 18.5 Å². The Kier molecular flexibility index (Phi) is 5.02. The van der Waals surface area contributed by atoms with Crippen molar-refractivity contribution >= 4 is 91.1 Å². The largest absolute Gasteiger partial charge is 0.480 e. The van der Waals surface area contributed by atoms with Crippen LogP contribution in [0.25, 0.3) is 32.3 Å². The van der Waals surface area contributed by atoms with Crippen LogP contribution in [0.15, 0.2) is 82.9 Å². The van der Waals surface area contributed by atoms with Gasteiger partial charge in [-0.15, -0.1) is 11.8 Å². The first-order valence-corrected chi connectivity index (χ1v) is 14.6. The van der Waals surface area contributed by atoms with Gasteiger partial charge in [0.1, 0.15) is 13.2 Å². The monoisotopic (exact) mass is 508 g/mol. The normalized spacial score (nSPS) is 18.6. The third-order valence-corrected chi connectivity index (χ3v) is 12.4. The van der Waals surface area contributed by atoms with Crippen LogP contribution in [0.4, 0.5) is 0 Å². The first-order valence-electron chi connectivity index (χ1n) is 10.3. The van der Waals surface area contributed by atoms with Crippen LogP contribution in [-0.2, 0) is 15.2 Å². The standard InChI is InChI=1S/C25H16O2S5/c1-2-14-4-5-16-6-7-17(18-9-8-15(3-1)20(14)21(16)18)12-28-19-13-29-24(30-19)25-31-22-23(32-25)27-11-10-26-22/h1-9,13H,10-12H2. The lowest BCUT2D eigenvalue weighted by Gasteiger charge is -2.13. The van der Waals surface area contributed by atoms with E-state index in [1.54, 1.807) is 23.5 Å². The van der Waals surface area contributed by atoms with Gasteiger partial charge in [-0.3, -0.25) is 0 Å². The average molecular weight is 509 g/mol.